The van der Waals surface area contributed by atoms with Gasteiger partial charge in [0.25, 0.3) is 0 Å². The highest BCUT2D eigenvalue weighted by atomic mass is 32.1. The molecule has 0 bridgehead atoms. The van der Waals surface area contributed by atoms with E-state index in [9.17, 15) is 4.79 Å². The van der Waals surface area contributed by atoms with Gasteiger partial charge in [-0.2, -0.15) is 4.99 Å². The average Bonchev–Trinajstić information content (AvgIpc) is 2.60. The van der Waals surface area contributed by atoms with Gasteiger partial charge in [0.2, 0.25) is 17.0 Å². The Balaban J connectivity index is 2.52. The van der Waals surface area contributed by atoms with Gasteiger partial charge in [-0.3, -0.25) is 10.1 Å². The van der Waals surface area contributed by atoms with Gasteiger partial charge in [0, 0.05) is 18.2 Å². The molecule has 1 heterocycles. The molecule has 0 spiro atoms. The van der Waals surface area contributed by atoms with Crippen LogP contribution in [0.2, 0.25) is 0 Å². The fourth-order valence-electron chi connectivity index (χ4n) is 0.915. The van der Waals surface area contributed by atoms with Crippen LogP contribution < -0.4 is 11.1 Å². The Labute approximate surface area is 97.8 Å². The van der Waals surface area contributed by atoms with Crippen molar-refractivity contribution in [3.05, 3.63) is 11.1 Å². The smallest absolute Gasteiger partial charge is 0.227 e. The number of terminal acetylenes is 1. The van der Waals surface area contributed by atoms with Crippen LogP contribution in [0, 0.1) is 19.3 Å². The normalized spacial score (nSPS) is 10.9. The molecule has 0 aliphatic rings. The van der Waals surface area contributed by atoms with Crippen LogP contribution in [-0.2, 0) is 4.79 Å². The van der Waals surface area contributed by atoms with E-state index >= 15 is 0 Å². The Hall–Kier alpha value is -1.87. The van der Waals surface area contributed by atoms with Crippen LogP contribution in [0.5, 0.6) is 0 Å². The molecular weight excluding hydrogens is 224 g/mol. The van der Waals surface area contributed by atoms with Crippen molar-refractivity contribution in [1.29, 1.82) is 0 Å². The molecule has 1 amide bonds. The van der Waals surface area contributed by atoms with Gasteiger partial charge in [-0.1, -0.05) is 0 Å². The van der Waals surface area contributed by atoms with E-state index < -0.39 is 0 Å². The van der Waals surface area contributed by atoms with Crippen LogP contribution >= 0.6 is 11.3 Å². The number of aliphatic imine (C=N–C) groups is 1. The zero-order chi connectivity index (χ0) is 12.0. The molecule has 3 N–H and O–H groups in total. The lowest BCUT2D eigenvalue weighted by atomic mass is 10.3. The molecular formula is C10H12N4OS. The van der Waals surface area contributed by atoms with Crippen molar-refractivity contribution in [2.45, 2.75) is 19.8 Å². The minimum Gasteiger partial charge on any atom is -0.369 e. The molecule has 5 nitrogen and oxygen atoms in total. The summed E-state index contributed by atoms with van der Waals surface area (Å²) < 4.78 is 0. The van der Waals surface area contributed by atoms with Gasteiger partial charge >= 0.3 is 0 Å². The van der Waals surface area contributed by atoms with Gasteiger partial charge in [0.1, 0.15) is 0 Å². The van der Waals surface area contributed by atoms with Gasteiger partial charge in [0.05, 0.1) is 5.69 Å². The van der Waals surface area contributed by atoms with E-state index in [0.717, 1.165) is 5.69 Å². The van der Waals surface area contributed by atoms with E-state index in [4.69, 9.17) is 12.2 Å². The molecule has 0 aliphatic heterocycles. The second kappa shape index (κ2) is 5.88. The number of thiazole rings is 1. The number of hydrogen-bond acceptors (Lipinski definition) is 4. The van der Waals surface area contributed by atoms with Gasteiger partial charge in [-0.25, -0.2) is 4.98 Å². The molecule has 0 saturated heterocycles. The lowest BCUT2D eigenvalue weighted by Gasteiger charge is -2.00. The van der Waals surface area contributed by atoms with E-state index in [1.165, 1.54) is 11.3 Å². The first-order valence-corrected chi connectivity index (χ1v) is 5.49. The van der Waals surface area contributed by atoms with Crippen molar-refractivity contribution in [3.8, 4) is 12.3 Å². The van der Waals surface area contributed by atoms with Crippen molar-refractivity contribution < 1.29 is 4.79 Å². The molecule has 0 unspecified atom stereocenters. The average molecular weight is 236 g/mol. The summed E-state index contributed by atoms with van der Waals surface area (Å²) in [6.45, 7) is 1.86. The molecule has 16 heavy (non-hydrogen) atoms. The van der Waals surface area contributed by atoms with Crippen LogP contribution in [0.4, 0.5) is 5.13 Å². The first-order valence-electron chi connectivity index (χ1n) is 4.61. The highest BCUT2D eigenvalue weighted by Crippen LogP contribution is 2.17. The number of hydrogen-bond donors (Lipinski definition) is 2. The molecule has 84 valence electrons. The van der Waals surface area contributed by atoms with Gasteiger partial charge in [-0.15, -0.1) is 23.7 Å². The first kappa shape index (κ1) is 12.2. The number of carbonyl (C=O) groups excluding carboxylic acids is 1. The van der Waals surface area contributed by atoms with Crippen LogP contribution in [0.15, 0.2) is 10.4 Å². The summed E-state index contributed by atoms with van der Waals surface area (Å²) in [5.74, 6) is 2.17. The minimum absolute atomic E-state index is 0.0383. The third kappa shape index (κ3) is 4.11. The van der Waals surface area contributed by atoms with Gasteiger partial charge < -0.3 is 5.73 Å². The van der Waals surface area contributed by atoms with E-state index in [1.54, 1.807) is 0 Å². The zero-order valence-corrected chi connectivity index (χ0v) is 9.67. The molecule has 0 atom stereocenters. The summed E-state index contributed by atoms with van der Waals surface area (Å²) >= 11 is 1.36. The van der Waals surface area contributed by atoms with E-state index in [1.807, 2.05) is 12.3 Å². The number of aromatic nitrogens is 1. The zero-order valence-electron chi connectivity index (χ0n) is 8.86. The third-order valence-electron chi connectivity index (χ3n) is 1.59. The minimum atomic E-state index is -0.243. The quantitative estimate of drug-likeness (QED) is 0.465. The predicted molar refractivity (Wildman–Crippen MR) is 64.3 cm³/mol. The van der Waals surface area contributed by atoms with Crippen LogP contribution in [0.3, 0.4) is 0 Å². The Bertz CT molecular complexity index is 444. The van der Waals surface area contributed by atoms with Crippen molar-refractivity contribution in [2.24, 2.45) is 10.7 Å². The summed E-state index contributed by atoms with van der Waals surface area (Å²) in [7, 11) is 0. The number of carbonyl (C=O) groups is 1. The second-order valence-corrected chi connectivity index (χ2v) is 3.86. The summed E-state index contributed by atoms with van der Waals surface area (Å²) in [6, 6.07) is 0. The number of rotatable bonds is 3. The highest BCUT2D eigenvalue weighted by Gasteiger charge is 2.03. The molecule has 6 heteroatoms. The third-order valence-corrected chi connectivity index (χ3v) is 2.44. The van der Waals surface area contributed by atoms with Gasteiger partial charge in [0.15, 0.2) is 0 Å². The molecule has 0 fully saturated rings. The maximum Gasteiger partial charge on any atom is 0.227 e. The van der Waals surface area contributed by atoms with Gasteiger partial charge in [-0.05, 0) is 6.92 Å². The monoisotopic (exact) mass is 236 g/mol. The Morgan fingerprint density at radius 3 is 3.12 bits per heavy atom. The summed E-state index contributed by atoms with van der Waals surface area (Å²) in [6.07, 6.45) is 5.66. The molecule has 0 saturated carbocycles. The summed E-state index contributed by atoms with van der Waals surface area (Å²) in [4.78, 5) is 19.3. The molecule has 1 rings (SSSR count). The van der Waals surface area contributed by atoms with Crippen LogP contribution in [0.25, 0.3) is 0 Å². The lowest BCUT2D eigenvalue weighted by Crippen LogP contribution is -2.36. The first-order chi connectivity index (χ1) is 7.61. The standard InChI is InChI=1S/C10H12N4OS/c1-3-4-5-8(15)13-9(11)14-10-12-7(2)6-16-10/h1,6H,4-5H2,2H3,(H3,11,12,13,14,15). The number of guanidine groups is 1. The predicted octanol–water partition coefficient (Wildman–Crippen LogP) is 0.927. The second-order valence-electron chi connectivity index (χ2n) is 3.02. The maximum atomic E-state index is 11.2. The number of nitrogens with two attached hydrogens (primary N) is 1. The lowest BCUT2D eigenvalue weighted by molar-refractivity contribution is -0.119. The van der Waals surface area contributed by atoms with E-state index in [2.05, 4.69) is 21.2 Å². The topological polar surface area (TPSA) is 80.4 Å². The Morgan fingerprint density at radius 1 is 1.81 bits per heavy atom. The fraction of sp³-hybridized carbons (Fsp3) is 0.300. The van der Waals surface area contributed by atoms with Crippen LogP contribution in [0.1, 0.15) is 18.5 Å². The highest BCUT2D eigenvalue weighted by molar-refractivity contribution is 7.13. The van der Waals surface area contributed by atoms with Crippen molar-refractivity contribution in [2.75, 3.05) is 0 Å². The Kier molecular flexibility index (Phi) is 4.48. The molecule has 0 aromatic carbocycles. The summed E-state index contributed by atoms with van der Waals surface area (Å²) in [5.41, 5.74) is 6.39. The van der Waals surface area contributed by atoms with Crippen LogP contribution in [-0.4, -0.2) is 16.9 Å². The SMILES string of the molecule is C#CCCC(=O)NC(N)=Nc1nc(C)cs1. The van der Waals surface area contributed by atoms with E-state index in [-0.39, 0.29) is 18.3 Å². The number of nitrogens with zero attached hydrogens (tertiary/aromatic N) is 2. The van der Waals surface area contributed by atoms with E-state index in [0.29, 0.717) is 11.6 Å². The van der Waals surface area contributed by atoms with Crippen molar-refractivity contribution in [1.82, 2.24) is 10.3 Å². The maximum absolute atomic E-state index is 11.2. The number of nitrogens with one attached hydrogen (secondary N) is 1. The Morgan fingerprint density at radius 2 is 2.56 bits per heavy atom. The van der Waals surface area contributed by atoms with Crippen molar-refractivity contribution in [3.63, 3.8) is 0 Å². The fourth-order valence-corrected chi connectivity index (χ4v) is 1.59. The molecule has 1 aromatic heterocycles. The molecule has 1 aromatic rings. The number of amides is 1. The molecule has 0 radical (unpaired) electrons. The molecule has 0 aliphatic carbocycles. The number of aryl methyl sites for hydroxylation is 1. The van der Waals surface area contributed by atoms with Crippen molar-refractivity contribution >= 4 is 28.3 Å². The largest absolute Gasteiger partial charge is 0.369 e. The summed E-state index contributed by atoms with van der Waals surface area (Å²) in [5, 5.41) is 4.81.